The summed E-state index contributed by atoms with van der Waals surface area (Å²) in [6.45, 7) is 7.26. The van der Waals surface area contributed by atoms with Gasteiger partial charge in [0.1, 0.15) is 5.75 Å². The van der Waals surface area contributed by atoms with Crippen LogP contribution >= 0.6 is 9.47 Å². The van der Waals surface area contributed by atoms with Gasteiger partial charge < -0.3 is 4.52 Å². The average molecular weight is 317 g/mol. The Labute approximate surface area is 136 Å². The Hall–Kier alpha value is -0.590. The molecule has 0 amide bonds. The Morgan fingerprint density at radius 2 is 2.23 bits per heavy atom. The lowest BCUT2D eigenvalue weighted by Gasteiger charge is -2.60. The largest absolute Gasteiger partial charge is 0.480 e. The molecule has 1 aliphatic heterocycles. The SMILES string of the molecule is CCN1CC[C@]23CC(C)CCC2[C@H]1Cc1ccc(OP)cc13. The maximum absolute atomic E-state index is 5.47. The van der Waals surface area contributed by atoms with Gasteiger partial charge in [-0.3, -0.25) is 4.90 Å². The van der Waals surface area contributed by atoms with E-state index >= 15 is 0 Å². The molecule has 0 N–H and O–H groups in total. The van der Waals surface area contributed by atoms with E-state index in [9.17, 15) is 0 Å². The van der Waals surface area contributed by atoms with Crippen molar-refractivity contribution in [2.24, 2.45) is 11.8 Å². The molecule has 0 spiro atoms. The van der Waals surface area contributed by atoms with Crippen LogP contribution in [0.1, 0.15) is 50.7 Å². The highest BCUT2D eigenvalue weighted by atomic mass is 31.0. The molecule has 1 saturated heterocycles. The third-order valence-corrected chi connectivity index (χ3v) is 7.03. The minimum absolute atomic E-state index is 0.417. The summed E-state index contributed by atoms with van der Waals surface area (Å²) in [5.74, 6) is 2.72. The molecule has 3 aliphatic rings. The highest BCUT2D eigenvalue weighted by Gasteiger charge is 2.54. The number of hydrogen-bond acceptors (Lipinski definition) is 2. The average Bonchev–Trinajstić information content (AvgIpc) is 2.54. The summed E-state index contributed by atoms with van der Waals surface area (Å²) < 4.78 is 5.47. The monoisotopic (exact) mass is 317 g/mol. The molecule has 2 bridgehead atoms. The van der Waals surface area contributed by atoms with Crippen LogP contribution in [0.5, 0.6) is 5.75 Å². The van der Waals surface area contributed by atoms with Crippen LogP contribution in [0.25, 0.3) is 0 Å². The van der Waals surface area contributed by atoms with Gasteiger partial charge in [-0.15, -0.1) is 0 Å². The summed E-state index contributed by atoms with van der Waals surface area (Å²) in [4.78, 5) is 2.75. The molecule has 1 aromatic carbocycles. The minimum atomic E-state index is 0.417. The minimum Gasteiger partial charge on any atom is -0.480 e. The van der Waals surface area contributed by atoms with Crippen molar-refractivity contribution in [2.45, 2.75) is 57.4 Å². The number of benzene rings is 1. The van der Waals surface area contributed by atoms with Crippen LogP contribution in [-0.4, -0.2) is 24.0 Å². The molecule has 3 heteroatoms. The van der Waals surface area contributed by atoms with E-state index in [2.05, 4.69) is 46.4 Å². The van der Waals surface area contributed by atoms with E-state index < -0.39 is 0 Å². The first-order valence-corrected chi connectivity index (χ1v) is 9.39. The van der Waals surface area contributed by atoms with Gasteiger partial charge in [-0.25, -0.2) is 0 Å². The molecule has 0 radical (unpaired) electrons. The number of fused-ring (bicyclic) bond motifs is 1. The molecule has 1 heterocycles. The Balaban J connectivity index is 1.85. The van der Waals surface area contributed by atoms with Crippen LogP contribution < -0.4 is 4.52 Å². The fourth-order valence-electron chi connectivity index (χ4n) is 5.83. The van der Waals surface area contributed by atoms with Gasteiger partial charge in [0, 0.05) is 11.5 Å². The molecule has 2 nitrogen and oxygen atoms in total. The molecule has 120 valence electrons. The molecule has 2 aliphatic carbocycles. The number of likely N-dealkylation sites (tertiary alicyclic amines) is 1. The Morgan fingerprint density at radius 1 is 1.36 bits per heavy atom. The predicted molar refractivity (Wildman–Crippen MR) is 94.3 cm³/mol. The second-order valence-electron chi connectivity index (χ2n) is 7.74. The summed E-state index contributed by atoms with van der Waals surface area (Å²) in [6.07, 6.45) is 6.77. The number of rotatable bonds is 2. The van der Waals surface area contributed by atoms with Crippen molar-refractivity contribution in [3.05, 3.63) is 29.3 Å². The lowest BCUT2D eigenvalue weighted by molar-refractivity contribution is -0.0209. The van der Waals surface area contributed by atoms with Crippen molar-refractivity contribution in [3.8, 4) is 5.75 Å². The molecular weight excluding hydrogens is 289 g/mol. The third-order valence-electron chi connectivity index (χ3n) is 6.76. The van der Waals surface area contributed by atoms with Crippen LogP contribution in [0.3, 0.4) is 0 Å². The van der Waals surface area contributed by atoms with Gasteiger partial charge in [0.05, 0.1) is 9.47 Å². The van der Waals surface area contributed by atoms with Crippen molar-refractivity contribution in [1.82, 2.24) is 4.90 Å². The van der Waals surface area contributed by atoms with Crippen molar-refractivity contribution in [3.63, 3.8) is 0 Å². The maximum Gasteiger partial charge on any atom is 0.122 e. The van der Waals surface area contributed by atoms with Gasteiger partial charge in [-0.05, 0) is 73.9 Å². The number of piperidine rings is 1. The number of nitrogens with zero attached hydrogens (tertiary/aromatic N) is 1. The van der Waals surface area contributed by atoms with E-state index in [4.69, 9.17) is 4.52 Å². The summed E-state index contributed by atoms with van der Waals surface area (Å²) in [7, 11) is 2.40. The fraction of sp³-hybridized carbons (Fsp3) is 0.684. The first kappa shape index (κ1) is 15.0. The first-order valence-electron chi connectivity index (χ1n) is 8.92. The molecule has 3 unspecified atom stereocenters. The molecule has 22 heavy (non-hydrogen) atoms. The van der Waals surface area contributed by atoms with Gasteiger partial charge >= 0.3 is 0 Å². The zero-order valence-corrected chi connectivity index (χ0v) is 15.0. The lowest BCUT2D eigenvalue weighted by Crippen LogP contribution is -2.61. The van der Waals surface area contributed by atoms with Crippen LogP contribution in [0.4, 0.5) is 0 Å². The van der Waals surface area contributed by atoms with E-state index in [0.29, 0.717) is 5.41 Å². The summed E-state index contributed by atoms with van der Waals surface area (Å²) in [5.41, 5.74) is 3.62. The van der Waals surface area contributed by atoms with E-state index in [1.807, 2.05) is 0 Å². The molecule has 2 fully saturated rings. The second-order valence-corrected chi connectivity index (χ2v) is 7.97. The molecule has 1 aromatic rings. The molecule has 0 aromatic heterocycles. The summed E-state index contributed by atoms with van der Waals surface area (Å²) in [6, 6.07) is 7.59. The first-order chi connectivity index (χ1) is 10.7. The van der Waals surface area contributed by atoms with Gasteiger partial charge in [0.25, 0.3) is 0 Å². The Bertz CT molecular complexity index is 575. The van der Waals surface area contributed by atoms with E-state index in [-0.39, 0.29) is 0 Å². The van der Waals surface area contributed by atoms with E-state index in [0.717, 1.165) is 23.6 Å². The maximum atomic E-state index is 5.47. The third kappa shape index (κ3) is 2.07. The van der Waals surface area contributed by atoms with Gasteiger partial charge in [-0.2, -0.15) is 0 Å². The number of hydrogen-bond donors (Lipinski definition) is 0. The Morgan fingerprint density at radius 3 is 3.00 bits per heavy atom. The van der Waals surface area contributed by atoms with Crippen molar-refractivity contribution in [1.29, 1.82) is 0 Å². The molecule has 5 atom stereocenters. The highest BCUT2D eigenvalue weighted by molar-refractivity contribution is 7.10. The van der Waals surface area contributed by atoms with Crippen LogP contribution in [0, 0.1) is 11.8 Å². The van der Waals surface area contributed by atoms with Gasteiger partial charge in [-0.1, -0.05) is 26.3 Å². The quantitative estimate of drug-likeness (QED) is 0.759. The zero-order valence-electron chi connectivity index (χ0n) is 13.8. The topological polar surface area (TPSA) is 12.5 Å². The van der Waals surface area contributed by atoms with Crippen LogP contribution in [0.2, 0.25) is 0 Å². The summed E-state index contributed by atoms with van der Waals surface area (Å²) in [5, 5.41) is 0. The fourth-order valence-corrected chi connectivity index (χ4v) is 5.98. The molecule has 1 saturated carbocycles. The Kier molecular flexibility index (Phi) is 3.74. The molecular formula is C19H28NOP. The van der Waals surface area contributed by atoms with E-state index in [1.54, 1.807) is 11.1 Å². The second kappa shape index (κ2) is 5.49. The smallest absolute Gasteiger partial charge is 0.122 e. The van der Waals surface area contributed by atoms with Gasteiger partial charge in [0.15, 0.2) is 0 Å². The molecule has 4 rings (SSSR count). The normalized spacial score (nSPS) is 37.3. The van der Waals surface area contributed by atoms with Crippen molar-refractivity contribution < 1.29 is 4.52 Å². The number of likely N-dealkylation sites (N-methyl/N-ethyl adjacent to an activating group) is 1. The predicted octanol–water partition coefficient (Wildman–Crippen LogP) is 4.18. The van der Waals surface area contributed by atoms with Crippen molar-refractivity contribution in [2.75, 3.05) is 13.1 Å². The van der Waals surface area contributed by atoms with Crippen molar-refractivity contribution >= 4 is 9.47 Å². The highest BCUT2D eigenvalue weighted by Crippen LogP contribution is 2.57. The lowest BCUT2D eigenvalue weighted by atomic mass is 9.51. The van der Waals surface area contributed by atoms with Gasteiger partial charge in [0.2, 0.25) is 0 Å². The standard InChI is InChI=1S/C19H28NOP/c1-3-20-9-8-19-12-13(2)4-7-16(19)18(20)10-14-5-6-15(21-22)11-17(14)19/h5-6,11,13,16,18H,3-4,7-10,12,22H2,1-2H3/t13?,16?,18-,19+/m1/s1. The van der Waals surface area contributed by atoms with E-state index in [1.165, 1.54) is 45.2 Å². The zero-order chi connectivity index (χ0) is 15.3. The van der Waals surface area contributed by atoms with Crippen LogP contribution in [-0.2, 0) is 11.8 Å². The van der Waals surface area contributed by atoms with Crippen LogP contribution in [0.15, 0.2) is 18.2 Å². The summed E-state index contributed by atoms with van der Waals surface area (Å²) >= 11 is 0.